The quantitative estimate of drug-likeness (QED) is 0.584. The van der Waals surface area contributed by atoms with E-state index in [4.69, 9.17) is 5.11 Å². The number of rotatable bonds is 4. The van der Waals surface area contributed by atoms with Crippen molar-refractivity contribution >= 4 is 12.2 Å². The highest BCUT2D eigenvalue weighted by atomic mass is 19.1. The lowest BCUT2D eigenvalue weighted by atomic mass is 10.2. The molecule has 0 radical (unpaired) electrons. The Kier molecular flexibility index (Phi) is 3.60. The lowest BCUT2D eigenvalue weighted by molar-refractivity contribution is -0.142. The number of hydrogen-bond donors (Lipinski definition) is 1. The van der Waals surface area contributed by atoms with Gasteiger partial charge in [0, 0.05) is 5.56 Å². The van der Waals surface area contributed by atoms with Crippen molar-refractivity contribution in [3.63, 3.8) is 0 Å². The lowest BCUT2D eigenvalue weighted by Gasteiger charge is -1.94. The molecule has 0 bridgehead atoms. The molecule has 5 heteroatoms. The second-order valence-electron chi connectivity index (χ2n) is 2.42. The minimum Gasteiger partial charge on any atom is -0.479 e. The van der Waals surface area contributed by atoms with Gasteiger partial charge in [0.05, 0.1) is 6.21 Å². The second-order valence-corrected chi connectivity index (χ2v) is 2.42. The van der Waals surface area contributed by atoms with Gasteiger partial charge >= 0.3 is 5.97 Å². The van der Waals surface area contributed by atoms with E-state index in [2.05, 4.69) is 9.99 Å². The van der Waals surface area contributed by atoms with Crippen LogP contribution in [0.1, 0.15) is 5.56 Å². The number of aliphatic carboxylic acids is 1. The third-order valence-electron chi connectivity index (χ3n) is 1.36. The number of benzene rings is 1. The summed E-state index contributed by atoms with van der Waals surface area (Å²) < 4.78 is 12.9. The van der Waals surface area contributed by atoms with Crippen LogP contribution < -0.4 is 0 Å². The molecular formula is C9H8FNO3. The van der Waals surface area contributed by atoms with Gasteiger partial charge in [-0.1, -0.05) is 23.4 Å². The van der Waals surface area contributed by atoms with E-state index in [0.29, 0.717) is 0 Å². The standard InChI is InChI=1S/C9H8FNO3/c10-8-4-2-1-3-7(8)5-11-14-6-9(12)13/h1-5H,6H2,(H,12,13)/b11-5-. The zero-order chi connectivity index (χ0) is 10.4. The van der Waals surface area contributed by atoms with Gasteiger partial charge < -0.3 is 9.94 Å². The maximum Gasteiger partial charge on any atom is 0.344 e. The highest BCUT2D eigenvalue weighted by molar-refractivity contribution is 5.79. The van der Waals surface area contributed by atoms with Gasteiger partial charge in [0.1, 0.15) is 5.82 Å². The van der Waals surface area contributed by atoms with E-state index >= 15 is 0 Å². The molecule has 1 aromatic carbocycles. The van der Waals surface area contributed by atoms with Crippen LogP contribution >= 0.6 is 0 Å². The van der Waals surface area contributed by atoms with Crippen molar-refractivity contribution in [3.05, 3.63) is 35.6 Å². The Bertz CT molecular complexity index is 352. The molecule has 0 spiro atoms. The summed E-state index contributed by atoms with van der Waals surface area (Å²) in [6.45, 7) is -0.537. The molecule has 1 rings (SSSR count). The van der Waals surface area contributed by atoms with Gasteiger partial charge in [-0.3, -0.25) is 0 Å². The lowest BCUT2D eigenvalue weighted by Crippen LogP contribution is -2.03. The van der Waals surface area contributed by atoms with E-state index < -0.39 is 18.4 Å². The fourth-order valence-electron chi connectivity index (χ4n) is 0.766. The predicted molar refractivity (Wildman–Crippen MR) is 47.6 cm³/mol. The van der Waals surface area contributed by atoms with Crippen molar-refractivity contribution in [1.82, 2.24) is 0 Å². The average Bonchev–Trinajstić information content (AvgIpc) is 2.15. The normalized spacial score (nSPS) is 10.4. The Hall–Kier alpha value is -1.91. The SMILES string of the molecule is O=C(O)CO/N=C\c1ccccc1F. The molecule has 0 atom stereocenters. The first-order chi connectivity index (χ1) is 6.70. The van der Waals surface area contributed by atoms with Gasteiger partial charge in [-0.2, -0.15) is 0 Å². The van der Waals surface area contributed by atoms with Crippen LogP contribution in [0.15, 0.2) is 29.4 Å². The number of hydrogen-bond acceptors (Lipinski definition) is 3. The summed E-state index contributed by atoms with van der Waals surface area (Å²) in [7, 11) is 0. The minimum atomic E-state index is -1.13. The van der Waals surface area contributed by atoms with E-state index in [1.807, 2.05) is 0 Å². The van der Waals surface area contributed by atoms with Crippen molar-refractivity contribution in [1.29, 1.82) is 0 Å². The highest BCUT2D eigenvalue weighted by Crippen LogP contribution is 2.02. The molecule has 0 heterocycles. The molecule has 0 fully saturated rings. The first kappa shape index (κ1) is 10.2. The molecule has 0 aliphatic carbocycles. The Morgan fingerprint density at radius 1 is 1.57 bits per heavy atom. The predicted octanol–water partition coefficient (Wildman–Crippen LogP) is 1.26. The zero-order valence-electron chi connectivity index (χ0n) is 7.18. The van der Waals surface area contributed by atoms with Crippen molar-refractivity contribution in [2.75, 3.05) is 6.61 Å². The molecule has 0 saturated heterocycles. The van der Waals surface area contributed by atoms with E-state index in [1.165, 1.54) is 12.1 Å². The largest absolute Gasteiger partial charge is 0.479 e. The molecule has 0 aliphatic rings. The fourth-order valence-corrected chi connectivity index (χ4v) is 0.766. The van der Waals surface area contributed by atoms with Crippen LogP contribution in [-0.2, 0) is 9.63 Å². The van der Waals surface area contributed by atoms with Crippen LogP contribution in [0, 0.1) is 5.82 Å². The monoisotopic (exact) mass is 197 g/mol. The number of carbonyl (C=O) groups is 1. The topological polar surface area (TPSA) is 58.9 Å². The molecule has 0 aliphatic heterocycles. The van der Waals surface area contributed by atoms with E-state index in [1.54, 1.807) is 12.1 Å². The highest BCUT2D eigenvalue weighted by Gasteiger charge is 1.97. The Morgan fingerprint density at radius 2 is 2.29 bits per heavy atom. The summed E-state index contributed by atoms with van der Waals surface area (Å²) in [6, 6.07) is 5.97. The van der Waals surface area contributed by atoms with Crippen molar-refractivity contribution < 1.29 is 19.1 Å². The maximum atomic E-state index is 12.9. The average molecular weight is 197 g/mol. The third-order valence-corrected chi connectivity index (χ3v) is 1.36. The van der Waals surface area contributed by atoms with Gasteiger partial charge in [-0.15, -0.1) is 0 Å². The van der Waals surface area contributed by atoms with Crippen LogP contribution in [0.3, 0.4) is 0 Å². The smallest absolute Gasteiger partial charge is 0.344 e. The van der Waals surface area contributed by atoms with Gasteiger partial charge in [-0.25, -0.2) is 9.18 Å². The summed E-state index contributed by atoms with van der Waals surface area (Å²) in [4.78, 5) is 14.4. The summed E-state index contributed by atoms with van der Waals surface area (Å²) in [5.41, 5.74) is 0.248. The number of carboxylic acid groups (broad SMARTS) is 1. The summed E-state index contributed by atoms with van der Waals surface area (Å²) in [5, 5.41) is 11.5. The molecule has 14 heavy (non-hydrogen) atoms. The van der Waals surface area contributed by atoms with E-state index in [0.717, 1.165) is 6.21 Å². The molecule has 0 unspecified atom stereocenters. The van der Waals surface area contributed by atoms with Gasteiger partial charge in [0.2, 0.25) is 6.61 Å². The second kappa shape index (κ2) is 4.96. The Balaban J connectivity index is 2.52. The molecule has 0 aromatic heterocycles. The molecule has 4 nitrogen and oxygen atoms in total. The van der Waals surface area contributed by atoms with Crippen molar-refractivity contribution in [2.45, 2.75) is 0 Å². The third kappa shape index (κ3) is 3.22. The van der Waals surface area contributed by atoms with Crippen LogP contribution in [0.5, 0.6) is 0 Å². The van der Waals surface area contributed by atoms with E-state index in [-0.39, 0.29) is 5.56 Å². The molecule has 0 amide bonds. The number of oxime groups is 1. The van der Waals surface area contributed by atoms with Crippen molar-refractivity contribution in [2.24, 2.45) is 5.16 Å². The van der Waals surface area contributed by atoms with Gasteiger partial charge in [0.25, 0.3) is 0 Å². The Labute approximate surface area is 79.6 Å². The van der Waals surface area contributed by atoms with Crippen LogP contribution in [0.4, 0.5) is 4.39 Å². The first-order valence-corrected chi connectivity index (χ1v) is 3.82. The summed E-state index contributed by atoms with van der Waals surface area (Å²) in [5.74, 6) is -1.56. The first-order valence-electron chi connectivity index (χ1n) is 3.82. The van der Waals surface area contributed by atoms with Gasteiger partial charge in [0.15, 0.2) is 0 Å². The molecular weight excluding hydrogens is 189 g/mol. The Morgan fingerprint density at radius 3 is 2.93 bits per heavy atom. The van der Waals surface area contributed by atoms with Gasteiger partial charge in [-0.05, 0) is 6.07 Å². The fraction of sp³-hybridized carbons (Fsp3) is 0.111. The van der Waals surface area contributed by atoms with E-state index in [9.17, 15) is 9.18 Å². The van der Waals surface area contributed by atoms with Crippen LogP contribution in [0.25, 0.3) is 0 Å². The number of halogens is 1. The van der Waals surface area contributed by atoms with Crippen LogP contribution in [0.2, 0.25) is 0 Å². The number of carboxylic acids is 1. The number of nitrogens with zero attached hydrogens (tertiary/aromatic N) is 1. The van der Waals surface area contributed by atoms with Crippen molar-refractivity contribution in [3.8, 4) is 0 Å². The summed E-state index contributed by atoms with van der Waals surface area (Å²) >= 11 is 0. The molecule has 1 aromatic rings. The van der Waals surface area contributed by atoms with Crippen LogP contribution in [-0.4, -0.2) is 23.9 Å². The minimum absolute atomic E-state index is 0.248. The molecule has 1 N–H and O–H groups in total. The molecule has 0 saturated carbocycles. The molecule has 74 valence electrons. The summed E-state index contributed by atoms with van der Waals surface area (Å²) in [6.07, 6.45) is 1.12. The zero-order valence-corrected chi connectivity index (χ0v) is 7.18. The maximum absolute atomic E-state index is 12.9.